The molecular formula is C14H21N5O5. The summed E-state index contributed by atoms with van der Waals surface area (Å²) in [5.41, 5.74) is 6.04. The van der Waals surface area contributed by atoms with Crippen molar-refractivity contribution in [3.63, 3.8) is 0 Å². The topological polar surface area (TPSA) is 145 Å². The maximum atomic E-state index is 10.2. The first-order valence-corrected chi connectivity index (χ1v) is 7.98. The lowest BCUT2D eigenvalue weighted by atomic mass is 9.87. The zero-order valence-electron chi connectivity index (χ0n) is 13.0. The van der Waals surface area contributed by atoms with E-state index in [1.54, 1.807) is 4.90 Å². The Morgan fingerprint density at radius 3 is 2.88 bits per heavy atom. The summed E-state index contributed by atoms with van der Waals surface area (Å²) in [6, 6.07) is 0. The van der Waals surface area contributed by atoms with Crippen molar-refractivity contribution in [2.75, 3.05) is 26.5 Å². The van der Waals surface area contributed by atoms with E-state index < -0.39 is 30.2 Å². The molecule has 4 heterocycles. The lowest BCUT2D eigenvalue weighted by Crippen LogP contribution is -2.59. The van der Waals surface area contributed by atoms with Crippen molar-refractivity contribution in [2.45, 2.75) is 36.6 Å². The molecule has 132 valence electrons. The minimum absolute atomic E-state index is 0.00292. The number of rotatable bonds is 3. The van der Waals surface area contributed by atoms with Gasteiger partial charge in [-0.2, -0.15) is 0 Å². The fourth-order valence-electron chi connectivity index (χ4n) is 3.62. The molecule has 24 heavy (non-hydrogen) atoms. The molecule has 4 aliphatic heterocycles. The summed E-state index contributed by atoms with van der Waals surface area (Å²) in [5, 5.41) is 29.4. The van der Waals surface area contributed by atoms with E-state index in [2.05, 4.69) is 15.0 Å². The highest BCUT2D eigenvalue weighted by Gasteiger charge is 2.52. The molecule has 0 bridgehead atoms. The van der Waals surface area contributed by atoms with Crippen molar-refractivity contribution in [2.24, 2.45) is 26.6 Å². The van der Waals surface area contributed by atoms with E-state index in [4.69, 9.17) is 15.2 Å². The average Bonchev–Trinajstić information content (AvgIpc) is 3.29. The van der Waals surface area contributed by atoms with Crippen LogP contribution in [0.15, 0.2) is 15.0 Å². The normalized spacial score (nSPS) is 44.7. The summed E-state index contributed by atoms with van der Waals surface area (Å²) in [7, 11) is 0. The van der Waals surface area contributed by atoms with Gasteiger partial charge in [-0.1, -0.05) is 0 Å². The summed E-state index contributed by atoms with van der Waals surface area (Å²) in [5.74, 6) is 0.484. The van der Waals surface area contributed by atoms with Gasteiger partial charge >= 0.3 is 0 Å². The number of hydrogen-bond donors (Lipinski definition) is 4. The first kappa shape index (κ1) is 16.1. The van der Waals surface area contributed by atoms with Crippen molar-refractivity contribution < 1.29 is 24.8 Å². The highest BCUT2D eigenvalue weighted by atomic mass is 16.6. The van der Waals surface area contributed by atoms with E-state index in [1.165, 1.54) is 6.34 Å². The molecule has 0 aromatic rings. The van der Waals surface area contributed by atoms with Gasteiger partial charge in [0.2, 0.25) is 0 Å². The van der Waals surface area contributed by atoms with E-state index in [0.29, 0.717) is 24.8 Å². The van der Waals surface area contributed by atoms with Gasteiger partial charge in [0, 0.05) is 12.5 Å². The SMILES string of the molecule is NC1(C2CCOC2)N=CN=C2C1=NCN2[C@@H]1O[C@H](CO)[C@@H](O)[C@H]1O. The summed E-state index contributed by atoms with van der Waals surface area (Å²) in [4.78, 5) is 14.7. The first-order chi connectivity index (χ1) is 11.6. The highest BCUT2D eigenvalue weighted by Crippen LogP contribution is 2.33. The Labute approximate surface area is 138 Å². The van der Waals surface area contributed by atoms with Crippen LogP contribution in [0, 0.1) is 5.92 Å². The molecule has 4 aliphatic rings. The number of nitrogens with zero attached hydrogens (tertiary/aromatic N) is 4. The van der Waals surface area contributed by atoms with Crippen LogP contribution in [0.4, 0.5) is 0 Å². The third kappa shape index (κ3) is 2.22. The Bertz CT molecular complexity index is 604. The van der Waals surface area contributed by atoms with Crippen LogP contribution in [-0.4, -0.2) is 94.8 Å². The van der Waals surface area contributed by atoms with Gasteiger partial charge in [-0.25, -0.2) is 9.98 Å². The smallest absolute Gasteiger partial charge is 0.162 e. The molecule has 0 amide bonds. The monoisotopic (exact) mass is 339 g/mol. The summed E-state index contributed by atoms with van der Waals surface area (Å²) in [6.07, 6.45) is -1.88. The van der Waals surface area contributed by atoms with Crippen LogP contribution in [0.5, 0.6) is 0 Å². The highest BCUT2D eigenvalue weighted by molar-refractivity contribution is 6.47. The Morgan fingerprint density at radius 2 is 2.21 bits per heavy atom. The second kappa shape index (κ2) is 5.83. The van der Waals surface area contributed by atoms with Crippen LogP contribution in [0.1, 0.15) is 6.42 Å². The van der Waals surface area contributed by atoms with E-state index >= 15 is 0 Å². The number of fused-ring (bicyclic) bond motifs is 1. The standard InChI is InChI=1S/C14H21N5O5/c15-14(7-1-2-23-4-7)11-12(16-5-18-14)19(6-17-11)13-10(22)9(21)8(3-20)24-13/h5,7-10,13,20-22H,1-4,6,15H2/t7?,8-,9-,10-,13-,14?/m1/s1. The lowest BCUT2D eigenvalue weighted by Gasteiger charge is -2.35. The van der Waals surface area contributed by atoms with Crippen LogP contribution in [0.2, 0.25) is 0 Å². The molecule has 2 saturated heterocycles. The molecule has 0 aromatic heterocycles. The number of aliphatic hydroxyl groups is 3. The average molecular weight is 339 g/mol. The van der Waals surface area contributed by atoms with Gasteiger partial charge in [0.25, 0.3) is 0 Å². The van der Waals surface area contributed by atoms with E-state index in [0.717, 1.165) is 6.42 Å². The quantitative estimate of drug-likeness (QED) is 0.437. The van der Waals surface area contributed by atoms with E-state index in [-0.39, 0.29) is 19.2 Å². The Hall–Kier alpha value is -1.43. The maximum absolute atomic E-state index is 10.2. The largest absolute Gasteiger partial charge is 0.394 e. The number of amidine groups is 1. The Kier molecular flexibility index (Phi) is 3.90. The third-order valence-corrected chi connectivity index (χ3v) is 5.07. The predicted octanol–water partition coefficient (Wildman–Crippen LogP) is -2.73. The van der Waals surface area contributed by atoms with Crippen molar-refractivity contribution in [3.05, 3.63) is 0 Å². The van der Waals surface area contributed by atoms with Crippen molar-refractivity contribution in [3.8, 4) is 0 Å². The van der Waals surface area contributed by atoms with Crippen molar-refractivity contribution in [1.29, 1.82) is 0 Å². The first-order valence-electron chi connectivity index (χ1n) is 7.98. The minimum atomic E-state index is -1.18. The van der Waals surface area contributed by atoms with Gasteiger partial charge in [0.05, 0.1) is 13.2 Å². The number of ether oxygens (including phenoxy) is 2. The molecule has 2 fully saturated rings. The number of nitrogens with two attached hydrogens (primary N) is 1. The molecule has 0 saturated carbocycles. The van der Waals surface area contributed by atoms with Crippen LogP contribution in [0.25, 0.3) is 0 Å². The third-order valence-electron chi connectivity index (χ3n) is 5.07. The summed E-state index contributed by atoms with van der Waals surface area (Å²) in [6.45, 7) is 0.951. The van der Waals surface area contributed by atoms with E-state index in [1.807, 2.05) is 0 Å². The maximum Gasteiger partial charge on any atom is 0.162 e. The minimum Gasteiger partial charge on any atom is -0.394 e. The zero-order valence-corrected chi connectivity index (χ0v) is 13.0. The van der Waals surface area contributed by atoms with Crippen LogP contribution in [-0.2, 0) is 9.47 Å². The fraction of sp³-hybridized carbons (Fsp3) is 0.786. The molecule has 4 rings (SSSR count). The molecule has 10 heteroatoms. The van der Waals surface area contributed by atoms with Gasteiger partial charge in [-0.05, 0) is 6.42 Å². The number of aliphatic hydroxyl groups excluding tert-OH is 3. The molecule has 2 unspecified atom stereocenters. The fourth-order valence-corrected chi connectivity index (χ4v) is 3.62. The molecule has 5 N–H and O–H groups in total. The molecular weight excluding hydrogens is 318 g/mol. The summed E-state index contributed by atoms with van der Waals surface area (Å²) >= 11 is 0. The van der Waals surface area contributed by atoms with Gasteiger partial charge in [-0.15, -0.1) is 0 Å². The van der Waals surface area contributed by atoms with Crippen molar-refractivity contribution in [1.82, 2.24) is 4.90 Å². The van der Waals surface area contributed by atoms with Crippen LogP contribution >= 0.6 is 0 Å². The molecule has 0 aromatic carbocycles. The second-order valence-electron chi connectivity index (χ2n) is 6.43. The second-order valence-corrected chi connectivity index (χ2v) is 6.43. The Balaban J connectivity index is 1.58. The Morgan fingerprint density at radius 1 is 1.38 bits per heavy atom. The molecule has 6 atom stereocenters. The molecule has 0 aliphatic carbocycles. The predicted molar refractivity (Wildman–Crippen MR) is 83.7 cm³/mol. The van der Waals surface area contributed by atoms with Crippen LogP contribution < -0.4 is 5.73 Å². The molecule has 10 nitrogen and oxygen atoms in total. The van der Waals surface area contributed by atoms with Gasteiger partial charge in [0.15, 0.2) is 17.7 Å². The number of aliphatic imine (C=N–C) groups is 3. The zero-order chi connectivity index (χ0) is 16.9. The van der Waals surface area contributed by atoms with E-state index in [9.17, 15) is 15.3 Å². The lowest BCUT2D eigenvalue weighted by molar-refractivity contribution is -0.0688. The van der Waals surface area contributed by atoms with Gasteiger partial charge in [0.1, 0.15) is 37.0 Å². The van der Waals surface area contributed by atoms with Crippen LogP contribution in [0.3, 0.4) is 0 Å². The number of hydrogen-bond acceptors (Lipinski definition) is 10. The molecule has 0 radical (unpaired) electrons. The van der Waals surface area contributed by atoms with Crippen molar-refractivity contribution >= 4 is 17.9 Å². The van der Waals surface area contributed by atoms with Gasteiger partial charge in [-0.3, -0.25) is 4.99 Å². The van der Waals surface area contributed by atoms with Gasteiger partial charge < -0.3 is 35.4 Å². The summed E-state index contributed by atoms with van der Waals surface area (Å²) < 4.78 is 11.0. The molecule has 0 spiro atoms.